The van der Waals surface area contributed by atoms with Crippen LogP contribution in [0.2, 0.25) is 0 Å². The summed E-state index contributed by atoms with van der Waals surface area (Å²) in [6, 6.07) is 15.1. The van der Waals surface area contributed by atoms with E-state index in [4.69, 9.17) is 5.73 Å². The summed E-state index contributed by atoms with van der Waals surface area (Å²) in [4.78, 5) is 12.6. The van der Waals surface area contributed by atoms with Crippen molar-refractivity contribution in [2.75, 3.05) is 13.1 Å². The van der Waals surface area contributed by atoms with Crippen LogP contribution in [0.5, 0.6) is 0 Å². The first-order chi connectivity index (χ1) is 13.0. The van der Waals surface area contributed by atoms with Crippen molar-refractivity contribution in [2.24, 2.45) is 5.73 Å². The molecule has 1 aliphatic rings. The molecule has 0 saturated carbocycles. The Bertz CT molecular complexity index is 885. The van der Waals surface area contributed by atoms with Crippen LogP contribution in [0.1, 0.15) is 36.4 Å². The van der Waals surface area contributed by atoms with E-state index in [-0.39, 0.29) is 29.8 Å². The Morgan fingerprint density at radius 2 is 1.71 bits per heavy atom. The summed E-state index contributed by atoms with van der Waals surface area (Å²) in [5.74, 6) is -0.300. The van der Waals surface area contributed by atoms with E-state index in [0.29, 0.717) is 13.1 Å². The number of amides is 1. The van der Waals surface area contributed by atoms with E-state index in [1.54, 1.807) is 40.7 Å². The third kappa shape index (κ3) is 5.32. The second-order valence-corrected chi connectivity index (χ2v) is 8.66. The number of hydrogen-bond acceptors (Lipinski definition) is 4. The third-order valence-electron chi connectivity index (χ3n) is 4.76. The smallest absolute Gasteiger partial charge is 0.243 e. The highest BCUT2D eigenvalue weighted by Crippen LogP contribution is 2.21. The molecular weight excluding hydrogens is 398 g/mol. The first-order valence-electron chi connectivity index (χ1n) is 9.16. The van der Waals surface area contributed by atoms with Crippen molar-refractivity contribution in [3.05, 3.63) is 65.7 Å². The molecular formula is C20H26ClN3O3S. The molecule has 1 unspecified atom stereocenters. The van der Waals surface area contributed by atoms with E-state index in [2.05, 4.69) is 5.32 Å². The molecule has 1 aliphatic heterocycles. The topological polar surface area (TPSA) is 92.5 Å². The normalized spacial score (nSPS) is 16.0. The molecule has 28 heavy (non-hydrogen) atoms. The largest absolute Gasteiger partial charge is 0.350 e. The monoisotopic (exact) mass is 423 g/mol. The number of piperidine rings is 1. The molecule has 2 aromatic rings. The van der Waals surface area contributed by atoms with Gasteiger partial charge in [0.25, 0.3) is 0 Å². The molecule has 0 bridgehead atoms. The number of nitrogens with one attached hydrogen (secondary N) is 1. The Labute approximate surface area is 172 Å². The summed E-state index contributed by atoms with van der Waals surface area (Å²) >= 11 is 0. The van der Waals surface area contributed by atoms with Gasteiger partial charge in [-0.15, -0.1) is 12.4 Å². The number of rotatable bonds is 6. The van der Waals surface area contributed by atoms with Crippen LogP contribution in [0, 0.1) is 0 Å². The number of halogens is 1. The minimum atomic E-state index is -3.49. The quantitative estimate of drug-likeness (QED) is 0.746. The highest BCUT2D eigenvalue weighted by Gasteiger charge is 2.26. The molecule has 0 aliphatic carbocycles. The molecule has 1 saturated heterocycles. The summed E-state index contributed by atoms with van der Waals surface area (Å²) in [5.41, 5.74) is 7.44. The summed E-state index contributed by atoms with van der Waals surface area (Å²) < 4.78 is 27.1. The number of sulfonamides is 1. The van der Waals surface area contributed by atoms with Crippen molar-refractivity contribution in [3.8, 4) is 0 Å². The number of nitrogens with two attached hydrogens (primary N) is 1. The van der Waals surface area contributed by atoms with Gasteiger partial charge in [0.15, 0.2) is 0 Å². The molecule has 1 fully saturated rings. The van der Waals surface area contributed by atoms with E-state index in [9.17, 15) is 13.2 Å². The summed E-state index contributed by atoms with van der Waals surface area (Å²) in [7, 11) is -3.49. The van der Waals surface area contributed by atoms with Crippen molar-refractivity contribution in [1.29, 1.82) is 0 Å². The molecule has 2 aromatic carbocycles. The summed E-state index contributed by atoms with van der Waals surface area (Å²) in [5, 5.41) is 2.78. The van der Waals surface area contributed by atoms with Gasteiger partial charge >= 0.3 is 0 Å². The standard InChI is InChI=1S/C20H25N3O3S.ClH/c21-19(17-9-3-1-4-10-17)20(24)22-15-16-8-7-11-18(14-16)27(25,26)23-12-5-2-6-13-23;/h1,3-4,7-11,14,19H,2,5-6,12-13,15,21H2,(H,22,24);1H. The van der Waals surface area contributed by atoms with E-state index in [0.717, 1.165) is 30.4 Å². The van der Waals surface area contributed by atoms with Gasteiger partial charge in [-0.3, -0.25) is 4.79 Å². The van der Waals surface area contributed by atoms with Crippen LogP contribution in [0.4, 0.5) is 0 Å². The van der Waals surface area contributed by atoms with Gasteiger partial charge in [-0.05, 0) is 36.1 Å². The average Bonchev–Trinajstić information content (AvgIpc) is 2.73. The van der Waals surface area contributed by atoms with Crippen molar-refractivity contribution in [2.45, 2.75) is 36.7 Å². The zero-order chi connectivity index (χ0) is 19.3. The zero-order valence-corrected chi connectivity index (χ0v) is 17.2. The lowest BCUT2D eigenvalue weighted by molar-refractivity contribution is -0.122. The Kier molecular flexibility index (Phi) is 8.00. The molecule has 1 amide bonds. The van der Waals surface area contributed by atoms with Crippen LogP contribution < -0.4 is 11.1 Å². The van der Waals surface area contributed by atoms with Gasteiger partial charge in [-0.2, -0.15) is 4.31 Å². The minimum absolute atomic E-state index is 0. The number of hydrogen-bond donors (Lipinski definition) is 2. The predicted octanol–water partition coefficient (Wildman–Crippen LogP) is 2.60. The van der Waals surface area contributed by atoms with Crippen molar-refractivity contribution in [1.82, 2.24) is 9.62 Å². The van der Waals surface area contributed by atoms with Crippen LogP contribution >= 0.6 is 12.4 Å². The minimum Gasteiger partial charge on any atom is -0.350 e. The molecule has 3 N–H and O–H groups in total. The van der Waals surface area contributed by atoms with Gasteiger partial charge < -0.3 is 11.1 Å². The van der Waals surface area contributed by atoms with Gasteiger partial charge in [0, 0.05) is 19.6 Å². The zero-order valence-electron chi connectivity index (χ0n) is 15.6. The highest BCUT2D eigenvalue weighted by molar-refractivity contribution is 7.89. The number of benzene rings is 2. The highest BCUT2D eigenvalue weighted by atomic mass is 35.5. The Hall–Kier alpha value is -1.93. The Morgan fingerprint density at radius 1 is 1.04 bits per heavy atom. The predicted molar refractivity (Wildman–Crippen MR) is 112 cm³/mol. The lowest BCUT2D eigenvalue weighted by Gasteiger charge is -2.26. The Morgan fingerprint density at radius 3 is 2.39 bits per heavy atom. The van der Waals surface area contributed by atoms with Gasteiger partial charge in [0.2, 0.25) is 15.9 Å². The van der Waals surface area contributed by atoms with Gasteiger partial charge in [-0.25, -0.2) is 8.42 Å². The summed E-state index contributed by atoms with van der Waals surface area (Å²) in [6.45, 7) is 1.35. The van der Waals surface area contributed by atoms with Gasteiger partial charge in [0.05, 0.1) is 4.90 Å². The Balaban J connectivity index is 0.00000280. The average molecular weight is 424 g/mol. The number of carbonyl (C=O) groups is 1. The van der Waals surface area contributed by atoms with Crippen LogP contribution in [0.15, 0.2) is 59.5 Å². The molecule has 6 nitrogen and oxygen atoms in total. The van der Waals surface area contributed by atoms with Gasteiger partial charge in [-0.1, -0.05) is 48.9 Å². The molecule has 1 atom stereocenters. The molecule has 3 rings (SSSR count). The first kappa shape index (κ1) is 22.4. The molecule has 1 heterocycles. The number of carbonyl (C=O) groups excluding carboxylic acids is 1. The van der Waals surface area contributed by atoms with Crippen molar-refractivity contribution in [3.63, 3.8) is 0 Å². The van der Waals surface area contributed by atoms with Crippen LogP contribution in [0.3, 0.4) is 0 Å². The van der Waals surface area contributed by atoms with Crippen molar-refractivity contribution >= 4 is 28.3 Å². The van der Waals surface area contributed by atoms with Crippen molar-refractivity contribution < 1.29 is 13.2 Å². The maximum atomic E-state index is 12.8. The molecule has 0 radical (unpaired) electrons. The summed E-state index contributed by atoms with van der Waals surface area (Å²) in [6.07, 6.45) is 2.86. The lowest BCUT2D eigenvalue weighted by Crippen LogP contribution is -2.35. The fraction of sp³-hybridized carbons (Fsp3) is 0.350. The molecule has 8 heteroatoms. The van der Waals surface area contributed by atoms with Crippen LogP contribution in [-0.4, -0.2) is 31.7 Å². The number of nitrogens with zero attached hydrogens (tertiary/aromatic N) is 1. The maximum absolute atomic E-state index is 12.8. The van der Waals surface area contributed by atoms with Crippen LogP contribution in [-0.2, 0) is 21.4 Å². The van der Waals surface area contributed by atoms with E-state index >= 15 is 0 Å². The van der Waals surface area contributed by atoms with E-state index < -0.39 is 16.1 Å². The lowest BCUT2D eigenvalue weighted by atomic mass is 10.1. The molecule has 0 aromatic heterocycles. The second kappa shape index (κ2) is 10.0. The SMILES string of the molecule is Cl.NC(C(=O)NCc1cccc(S(=O)(=O)N2CCCCC2)c1)c1ccccc1. The van der Waals surface area contributed by atoms with E-state index in [1.165, 1.54) is 0 Å². The molecule has 0 spiro atoms. The molecule has 152 valence electrons. The van der Waals surface area contributed by atoms with E-state index in [1.807, 2.05) is 18.2 Å². The fourth-order valence-electron chi connectivity index (χ4n) is 3.18. The maximum Gasteiger partial charge on any atom is 0.243 e. The first-order valence-corrected chi connectivity index (χ1v) is 10.6. The third-order valence-corrected chi connectivity index (χ3v) is 6.65. The van der Waals surface area contributed by atoms with Crippen LogP contribution in [0.25, 0.3) is 0 Å². The second-order valence-electron chi connectivity index (χ2n) is 6.72. The fourth-order valence-corrected chi connectivity index (χ4v) is 4.77. The van der Waals surface area contributed by atoms with Gasteiger partial charge in [0.1, 0.15) is 6.04 Å².